The van der Waals surface area contributed by atoms with Crippen LogP contribution < -0.4 is 5.32 Å². The minimum Gasteiger partial charge on any atom is -0.319 e. The van der Waals surface area contributed by atoms with Gasteiger partial charge in [-0.3, -0.25) is 9.59 Å². The molecule has 4 amide bonds. The molecule has 0 bridgehead atoms. The highest BCUT2D eigenvalue weighted by atomic mass is 19.4. The lowest BCUT2D eigenvalue weighted by Crippen LogP contribution is -2.41. The molecule has 2 aromatic carbocycles. The Morgan fingerprint density at radius 2 is 1.64 bits per heavy atom. The molecule has 3 rings (SSSR count). The number of rotatable bonds is 3. The Morgan fingerprint density at radius 1 is 1.04 bits per heavy atom. The average molecular weight is 388 g/mol. The monoisotopic (exact) mass is 388 g/mol. The van der Waals surface area contributed by atoms with Crippen molar-refractivity contribution in [1.82, 2.24) is 10.2 Å². The molecule has 28 heavy (non-hydrogen) atoms. The molecule has 1 atom stereocenters. The van der Waals surface area contributed by atoms with Crippen molar-refractivity contribution in [3.8, 4) is 0 Å². The third-order valence-electron chi connectivity index (χ3n) is 4.42. The second kappa shape index (κ2) is 6.95. The molecule has 1 aliphatic heterocycles. The highest BCUT2D eigenvalue weighted by molar-refractivity contribution is 6.21. The van der Waals surface area contributed by atoms with E-state index in [9.17, 15) is 27.6 Å². The van der Waals surface area contributed by atoms with Gasteiger partial charge in [-0.2, -0.15) is 18.1 Å². The van der Waals surface area contributed by atoms with Crippen molar-refractivity contribution in [2.75, 3.05) is 0 Å². The SMILES string of the molecule is CC1(c2ccccc2)NC(=O)N(C(=O)/C=C/c2ccc(C(F)(F)F)cc2)C1=O. The number of halogens is 3. The number of hydrogen-bond donors (Lipinski definition) is 1. The van der Waals surface area contributed by atoms with Gasteiger partial charge in [0.2, 0.25) is 0 Å². The van der Waals surface area contributed by atoms with E-state index in [4.69, 9.17) is 0 Å². The Morgan fingerprint density at radius 3 is 2.21 bits per heavy atom. The van der Waals surface area contributed by atoms with Crippen molar-refractivity contribution in [2.45, 2.75) is 18.6 Å². The highest BCUT2D eigenvalue weighted by Gasteiger charge is 2.51. The fourth-order valence-corrected chi connectivity index (χ4v) is 2.83. The summed E-state index contributed by atoms with van der Waals surface area (Å²) >= 11 is 0. The van der Waals surface area contributed by atoms with Crippen molar-refractivity contribution < 1.29 is 27.6 Å². The van der Waals surface area contributed by atoms with Crippen LogP contribution in [0.25, 0.3) is 6.08 Å². The van der Waals surface area contributed by atoms with Crippen molar-refractivity contribution in [2.24, 2.45) is 0 Å². The lowest BCUT2D eigenvalue weighted by molar-refractivity contribution is -0.139. The van der Waals surface area contributed by atoms with Gasteiger partial charge >= 0.3 is 12.2 Å². The molecule has 1 heterocycles. The average Bonchev–Trinajstić information content (AvgIpc) is 2.90. The van der Waals surface area contributed by atoms with E-state index in [-0.39, 0.29) is 0 Å². The van der Waals surface area contributed by atoms with E-state index in [0.717, 1.165) is 18.2 Å². The molecule has 8 heteroatoms. The molecule has 0 radical (unpaired) electrons. The van der Waals surface area contributed by atoms with Crippen LogP contribution in [0.2, 0.25) is 0 Å². The van der Waals surface area contributed by atoms with Crippen LogP contribution in [0.5, 0.6) is 0 Å². The summed E-state index contributed by atoms with van der Waals surface area (Å²) in [7, 11) is 0. The third kappa shape index (κ3) is 3.53. The van der Waals surface area contributed by atoms with Crippen LogP contribution in [0, 0.1) is 0 Å². The predicted octanol–water partition coefficient (Wildman–Crippen LogP) is 3.71. The first-order chi connectivity index (χ1) is 13.1. The summed E-state index contributed by atoms with van der Waals surface area (Å²) < 4.78 is 37.7. The summed E-state index contributed by atoms with van der Waals surface area (Å²) in [5, 5.41) is 2.51. The molecule has 0 aliphatic carbocycles. The maximum atomic E-state index is 12.7. The van der Waals surface area contributed by atoms with E-state index in [0.29, 0.717) is 16.0 Å². The number of urea groups is 1. The summed E-state index contributed by atoms with van der Waals surface area (Å²) in [6.45, 7) is 1.50. The number of alkyl halides is 3. The fourth-order valence-electron chi connectivity index (χ4n) is 2.83. The Balaban J connectivity index is 1.78. The van der Waals surface area contributed by atoms with Crippen molar-refractivity contribution in [3.63, 3.8) is 0 Å². The molecule has 0 aromatic heterocycles. The summed E-state index contributed by atoms with van der Waals surface area (Å²) in [6, 6.07) is 11.7. The fraction of sp³-hybridized carbons (Fsp3) is 0.150. The second-order valence-electron chi connectivity index (χ2n) is 6.35. The van der Waals surface area contributed by atoms with Gasteiger partial charge in [0.25, 0.3) is 11.8 Å². The number of nitrogens with one attached hydrogen (secondary N) is 1. The molecule has 1 fully saturated rings. The predicted molar refractivity (Wildman–Crippen MR) is 94.7 cm³/mol. The van der Waals surface area contributed by atoms with Crippen LogP contribution in [0.1, 0.15) is 23.6 Å². The Bertz CT molecular complexity index is 953. The number of imide groups is 3. The van der Waals surface area contributed by atoms with Crippen molar-refractivity contribution in [1.29, 1.82) is 0 Å². The van der Waals surface area contributed by atoms with Crippen LogP contribution >= 0.6 is 0 Å². The molecule has 1 unspecified atom stereocenters. The molecule has 1 saturated heterocycles. The molecule has 5 nitrogen and oxygen atoms in total. The number of carbonyl (C=O) groups excluding carboxylic acids is 3. The van der Waals surface area contributed by atoms with Crippen LogP contribution in [0.3, 0.4) is 0 Å². The van der Waals surface area contributed by atoms with E-state index in [2.05, 4.69) is 5.32 Å². The van der Waals surface area contributed by atoms with E-state index < -0.39 is 35.1 Å². The molecule has 1 aliphatic rings. The van der Waals surface area contributed by atoms with Gasteiger partial charge in [-0.25, -0.2) is 4.79 Å². The standard InChI is InChI=1S/C20H15F3N2O3/c1-19(14-5-3-2-4-6-14)17(27)25(18(28)24-19)16(26)12-9-13-7-10-15(11-8-13)20(21,22)23/h2-12H,1H3,(H,24,28)/b12-9+. The second-order valence-corrected chi connectivity index (χ2v) is 6.35. The number of nitrogens with zero attached hydrogens (tertiary/aromatic N) is 1. The van der Waals surface area contributed by atoms with Gasteiger partial charge in [-0.1, -0.05) is 42.5 Å². The van der Waals surface area contributed by atoms with Gasteiger partial charge in [0, 0.05) is 6.08 Å². The van der Waals surface area contributed by atoms with Crippen molar-refractivity contribution >= 4 is 23.9 Å². The Hall–Kier alpha value is -3.42. The lowest BCUT2D eigenvalue weighted by Gasteiger charge is -2.21. The molecule has 0 saturated carbocycles. The molecular formula is C20H15F3N2O3. The van der Waals surface area contributed by atoms with Gasteiger partial charge < -0.3 is 5.32 Å². The van der Waals surface area contributed by atoms with Crippen LogP contribution in [0.4, 0.5) is 18.0 Å². The minimum absolute atomic E-state index is 0.319. The van der Waals surface area contributed by atoms with Crippen LogP contribution in [0.15, 0.2) is 60.7 Å². The van der Waals surface area contributed by atoms with E-state index in [1.165, 1.54) is 25.1 Å². The molecule has 2 aromatic rings. The smallest absolute Gasteiger partial charge is 0.319 e. The number of hydrogen-bond acceptors (Lipinski definition) is 3. The summed E-state index contributed by atoms with van der Waals surface area (Å²) in [4.78, 5) is 37.7. The number of benzene rings is 2. The molecule has 0 spiro atoms. The number of carbonyl (C=O) groups is 3. The largest absolute Gasteiger partial charge is 0.416 e. The maximum Gasteiger partial charge on any atom is 0.416 e. The van der Waals surface area contributed by atoms with Gasteiger partial charge in [-0.05, 0) is 36.3 Å². The zero-order valence-electron chi connectivity index (χ0n) is 14.7. The van der Waals surface area contributed by atoms with Crippen molar-refractivity contribution in [3.05, 3.63) is 77.4 Å². The van der Waals surface area contributed by atoms with Gasteiger partial charge in [0.1, 0.15) is 5.54 Å². The first-order valence-corrected chi connectivity index (χ1v) is 8.24. The van der Waals surface area contributed by atoms with E-state index in [1.54, 1.807) is 30.3 Å². The molecule has 144 valence electrons. The summed E-state index contributed by atoms with van der Waals surface area (Å²) in [6.07, 6.45) is -2.25. The molecular weight excluding hydrogens is 373 g/mol. The zero-order chi connectivity index (χ0) is 20.5. The van der Waals surface area contributed by atoms with E-state index >= 15 is 0 Å². The highest BCUT2D eigenvalue weighted by Crippen LogP contribution is 2.30. The zero-order valence-corrected chi connectivity index (χ0v) is 14.7. The lowest BCUT2D eigenvalue weighted by atomic mass is 9.92. The van der Waals surface area contributed by atoms with E-state index in [1.807, 2.05) is 0 Å². The molecule has 1 N–H and O–H groups in total. The topological polar surface area (TPSA) is 66.5 Å². The quantitative estimate of drug-likeness (QED) is 0.644. The minimum atomic E-state index is -4.46. The first kappa shape index (κ1) is 19.3. The maximum absolute atomic E-state index is 12.7. The first-order valence-electron chi connectivity index (χ1n) is 8.24. The van der Waals surface area contributed by atoms with Gasteiger partial charge in [0.15, 0.2) is 0 Å². The number of amides is 4. The third-order valence-corrected chi connectivity index (χ3v) is 4.42. The van der Waals surface area contributed by atoms with Crippen LogP contribution in [-0.2, 0) is 21.3 Å². The van der Waals surface area contributed by atoms with Gasteiger partial charge in [0.05, 0.1) is 5.56 Å². The van der Waals surface area contributed by atoms with Crippen LogP contribution in [-0.4, -0.2) is 22.7 Å². The van der Waals surface area contributed by atoms with Gasteiger partial charge in [-0.15, -0.1) is 0 Å². The Labute approximate surface area is 158 Å². The summed E-state index contributed by atoms with van der Waals surface area (Å²) in [5.74, 6) is -1.62. The summed E-state index contributed by atoms with van der Waals surface area (Å²) in [5.41, 5.74) is -1.35. The normalized spacial score (nSPS) is 19.9. The Kier molecular flexibility index (Phi) is 4.80.